The molecule has 1 aromatic carbocycles. The third-order valence-corrected chi connectivity index (χ3v) is 5.08. The minimum atomic E-state index is -0.324. The lowest BCUT2D eigenvalue weighted by atomic mass is 10.0. The SMILES string of the molecule is CC(=O)N1CCCC1C(=O)N1CCNCC1c1ccccc1Cl. The summed E-state index contributed by atoms with van der Waals surface area (Å²) in [6.45, 7) is 4.29. The van der Waals surface area contributed by atoms with Crippen LogP contribution in [0.3, 0.4) is 0 Å². The summed E-state index contributed by atoms with van der Waals surface area (Å²) in [4.78, 5) is 28.4. The van der Waals surface area contributed by atoms with Crippen LogP contribution in [0.15, 0.2) is 24.3 Å². The topological polar surface area (TPSA) is 52.7 Å². The Morgan fingerprint density at radius 2 is 2.00 bits per heavy atom. The first kappa shape index (κ1) is 16.3. The number of hydrogen-bond donors (Lipinski definition) is 1. The standard InChI is InChI=1S/C17H22ClN3O2/c1-12(22)20-9-4-7-15(20)17(23)21-10-8-19-11-16(21)13-5-2-3-6-14(13)18/h2-3,5-6,15-16,19H,4,7-11H2,1H3. The summed E-state index contributed by atoms with van der Waals surface area (Å²) in [6.07, 6.45) is 1.64. The van der Waals surface area contributed by atoms with Crippen molar-refractivity contribution in [2.75, 3.05) is 26.2 Å². The highest BCUT2D eigenvalue weighted by atomic mass is 35.5. The second-order valence-corrected chi connectivity index (χ2v) is 6.55. The van der Waals surface area contributed by atoms with Gasteiger partial charge in [0, 0.05) is 38.1 Å². The molecule has 23 heavy (non-hydrogen) atoms. The van der Waals surface area contributed by atoms with Gasteiger partial charge < -0.3 is 15.1 Å². The Morgan fingerprint density at radius 3 is 2.74 bits per heavy atom. The normalized spacial score (nSPS) is 24.8. The van der Waals surface area contributed by atoms with Crippen LogP contribution in [0.5, 0.6) is 0 Å². The Balaban J connectivity index is 1.85. The zero-order chi connectivity index (χ0) is 16.4. The highest BCUT2D eigenvalue weighted by Gasteiger charge is 2.38. The van der Waals surface area contributed by atoms with E-state index in [4.69, 9.17) is 11.6 Å². The highest BCUT2D eigenvalue weighted by Crippen LogP contribution is 2.30. The molecule has 5 nitrogen and oxygen atoms in total. The van der Waals surface area contributed by atoms with Crippen molar-refractivity contribution in [2.45, 2.75) is 31.8 Å². The number of likely N-dealkylation sites (tertiary alicyclic amines) is 1. The number of carbonyl (C=O) groups excluding carboxylic acids is 2. The largest absolute Gasteiger partial charge is 0.331 e. The van der Waals surface area contributed by atoms with Crippen LogP contribution in [0.2, 0.25) is 5.02 Å². The van der Waals surface area contributed by atoms with Gasteiger partial charge in [0.25, 0.3) is 0 Å². The number of halogens is 1. The molecule has 0 radical (unpaired) electrons. The molecule has 0 aromatic heterocycles. The maximum absolute atomic E-state index is 13.1. The third-order valence-electron chi connectivity index (χ3n) is 4.73. The molecule has 0 aliphatic carbocycles. The molecule has 0 spiro atoms. The van der Waals surface area contributed by atoms with Gasteiger partial charge >= 0.3 is 0 Å². The minimum absolute atomic E-state index is 0.0229. The van der Waals surface area contributed by atoms with Gasteiger partial charge in [0.2, 0.25) is 11.8 Å². The summed E-state index contributed by atoms with van der Waals surface area (Å²) in [5, 5.41) is 4.01. The fourth-order valence-corrected chi connectivity index (χ4v) is 3.84. The van der Waals surface area contributed by atoms with Crippen molar-refractivity contribution >= 4 is 23.4 Å². The van der Waals surface area contributed by atoms with Crippen molar-refractivity contribution < 1.29 is 9.59 Å². The molecule has 2 unspecified atom stereocenters. The molecule has 2 heterocycles. The van der Waals surface area contributed by atoms with Gasteiger partial charge in [0.05, 0.1) is 6.04 Å². The Labute approximate surface area is 141 Å². The van der Waals surface area contributed by atoms with Crippen molar-refractivity contribution in [1.29, 1.82) is 0 Å². The summed E-state index contributed by atoms with van der Waals surface area (Å²) in [5.41, 5.74) is 0.960. The predicted molar refractivity (Wildman–Crippen MR) is 89.2 cm³/mol. The molecule has 2 aliphatic heterocycles. The Kier molecular flexibility index (Phi) is 4.87. The number of benzene rings is 1. The van der Waals surface area contributed by atoms with Gasteiger partial charge in [-0.1, -0.05) is 29.8 Å². The highest BCUT2D eigenvalue weighted by molar-refractivity contribution is 6.31. The van der Waals surface area contributed by atoms with Crippen LogP contribution in [0.4, 0.5) is 0 Å². The van der Waals surface area contributed by atoms with E-state index in [0.29, 0.717) is 24.7 Å². The van der Waals surface area contributed by atoms with E-state index >= 15 is 0 Å². The molecule has 1 N–H and O–H groups in total. The molecule has 0 saturated carbocycles. The van der Waals surface area contributed by atoms with Crippen molar-refractivity contribution in [2.24, 2.45) is 0 Å². The lowest BCUT2D eigenvalue weighted by Crippen LogP contribution is -2.54. The van der Waals surface area contributed by atoms with E-state index in [-0.39, 0.29) is 23.9 Å². The predicted octanol–water partition coefficient (Wildman–Crippen LogP) is 1.82. The Morgan fingerprint density at radius 1 is 1.22 bits per heavy atom. The number of nitrogens with zero attached hydrogens (tertiary/aromatic N) is 2. The van der Waals surface area contributed by atoms with Crippen molar-refractivity contribution in [3.63, 3.8) is 0 Å². The van der Waals surface area contributed by atoms with E-state index < -0.39 is 0 Å². The number of nitrogens with one attached hydrogen (secondary N) is 1. The second kappa shape index (κ2) is 6.89. The maximum atomic E-state index is 13.1. The molecular weight excluding hydrogens is 314 g/mol. The Hall–Kier alpha value is -1.59. The van der Waals surface area contributed by atoms with Gasteiger partial charge in [-0.25, -0.2) is 0 Å². The van der Waals surface area contributed by atoms with Gasteiger partial charge in [-0.05, 0) is 24.5 Å². The summed E-state index contributed by atoms with van der Waals surface area (Å²) < 4.78 is 0. The zero-order valence-electron chi connectivity index (χ0n) is 13.3. The molecule has 2 aliphatic rings. The number of amides is 2. The van der Waals surface area contributed by atoms with Gasteiger partial charge in [-0.2, -0.15) is 0 Å². The molecule has 2 atom stereocenters. The number of rotatable bonds is 2. The van der Waals surface area contributed by atoms with E-state index in [1.807, 2.05) is 29.2 Å². The second-order valence-electron chi connectivity index (χ2n) is 6.14. The van der Waals surface area contributed by atoms with Gasteiger partial charge in [0.15, 0.2) is 0 Å². The number of piperazine rings is 1. The van der Waals surface area contributed by atoms with E-state index in [0.717, 1.165) is 24.9 Å². The zero-order valence-corrected chi connectivity index (χ0v) is 14.1. The van der Waals surface area contributed by atoms with Crippen molar-refractivity contribution in [3.05, 3.63) is 34.9 Å². The van der Waals surface area contributed by atoms with Crippen LogP contribution in [0, 0.1) is 0 Å². The first-order chi connectivity index (χ1) is 11.1. The molecule has 2 fully saturated rings. The first-order valence-corrected chi connectivity index (χ1v) is 8.50. The molecule has 124 valence electrons. The van der Waals surface area contributed by atoms with Gasteiger partial charge in [0.1, 0.15) is 6.04 Å². The molecule has 2 saturated heterocycles. The van der Waals surface area contributed by atoms with E-state index in [9.17, 15) is 9.59 Å². The molecule has 6 heteroatoms. The molecule has 2 amide bonds. The monoisotopic (exact) mass is 335 g/mol. The minimum Gasteiger partial charge on any atom is -0.331 e. The fraction of sp³-hybridized carbons (Fsp3) is 0.529. The summed E-state index contributed by atoms with van der Waals surface area (Å²) >= 11 is 6.34. The average Bonchev–Trinajstić information content (AvgIpc) is 3.04. The first-order valence-electron chi connectivity index (χ1n) is 8.12. The van der Waals surface area contributed by atoms with Crippen molar-refractivity contribution in [1.82, 2.24) is 15.1 Å². The number of carbonyl (C=O) groups is 2. The van der Waals surface area contributed by atoms with Crippen LogP contribution in [-0.2, 0) is 9.59 Å². The van der Waals surface area contributed by atoms with E-state index in [1.54, 1.807) is 4.90 Å². The molecule has 1 aromatic rings. The molecule has 0 bridgehead atoms. The van der Waals surface area contributed by atoms with Crippen LogP contribution < -0.4 is 5.32 Å². The van der Waals surface area contributed by atoms with Crippen LogP contribution in [0.25, 0.3) is 0 Å². The lowest BCUT2D eigenvalue weighted by molar-refractivity contribution is -0.145. The Bertz CT molecular complexity index is 607. The smallest absolute Gasteiger partial charge is 0.245 e. The fourth-order valence-electron chi connectivity index (χ4n) is 3.58. The van der Waals surface area contributed by atoms with E-state index in [2.05, 4.69) is 5.32 Å². The summed E-state index contributed by atoms with van der Waals surface area (Å²) in [5.74, 6) is 0.0226. The van der Waals surface area contributed by atoms with E-state index in [1.165, 1.54) is 6.92 Å². The van der Waals surface area contributed by atoms with Crippen LogP contribution in [-0.4, -0.2) is 53.8 Å². The number of hydrogen-bond acceptors (Lipinski definition) is 3. The lowest BCUT2D eigenvalue weighted by Gasteiger charge is -2.39. The quantitative estimate of drug-likeness (QED) is 0.897. The third kappa shape index (κ3) is 3.21. The van der Waals surface area contributed by atoms with Gasteiger partial charge in [-0.3, -0.25) is 9.59 Å². The van der Waals surface area contributed by atoms with Crippen molar-refractivity contribution in [3.8, 4) is 0 Å². The maximum Gasteiger partial charge on any atom is 0.245 e. The van der Waals surface area contributed by atoms with Crippen LogP contribution in [0.1, 0.15) is 31.4 Å². The molecular formula is C17H22ClN3O2. The molecule has 3 rings (SSSR count). The van der Waals surface area contributed by atoms with Gasteiger partial charge in [-0.15, -0.1) is 0 Å². The van der Waals surface area contributed by atoms with Crippen LogP contribution >= 0.6 is 11.6 Å². The summed E-state index contributed by atoms with van der Waals surface area (Å²) in [7, 11) is 0. The summed E-state index contributed by atoms with van der Waals surface area (Å²) in [6, 6.07) is 7.25. The average molecular weight is 336 g/mol.